The molecule has 0 unspecified atom stereocenters. The predicted octanol–water partition coefficient (Wildman–Crippen LogP) is 1.53. The molecule has 0 spiro atoms. The average Bonchev–Trinajstić information content (AvgIpc) is 2.30. The molecule has 0 saturated heterocycles. The second kappa shape index (κ2) is 11.4. The molecule has 0 radical (unpaired) electrons. The van der Waals surface area contributed by atoms with Gasteiger partial charge in [0.1, 0.15) is 0 Å². The molecule has 0 amide bonds. The molecule has 0 fully saturated rings. The van der Waals surface area contributed by atoms with Crippen molar-refractivity contribution in [2.24, 2.45) is 0 Å². The van der Waals surface area contributed by atoms with Crippen LogP contribution in [-0.4, -0.2) is 61.9 Å². The van der Waals surface area contributed by atoms with Gasteiger partial charge < -0.3 is 22.8 Å². The van der Waals surface area contributed by atoms with Gasteiger partial charge in [0.05, 0.1) is 26.4 Å². The maximum absolute atomic E-state index is 5.78. The number of ether oxygens (including phenoxy) is 2. The topological polar surface area (TPSA) is 46.2 Å². The quantitative estimate of drug-likeness (QED) is 0.309. The molecular weight excluding hydrogens is 264 g/mol. The standard InChI is InChI=1S/C10H23ClO5Si/c1-4-14-17(10-5-11,15-8-6-12-2)16-9-7-13-3/h4-10H2,1-3H3. The highest BCUT2D eigenvalue weighted by Gasteiger charge is 2.40. The van der Waals surface area contributed by atoms with Crippen molar-refractivity contribution in [1.29, 1.82) is 0 Å². The van der Waals surface area contributed by atoms with Crippen LogP contribution in [0.3, 0.4) is 0 Å². The zero-order valence-electron chi connectivity index (χ0n) is 10.9. The fourth-order valence-corrected chi connectivity index (χ4v) is 4.08. The Morgan fingerprint density at radius 2 is 1.41 bits per heavy atom. The first-order valence-electron chi connectivity index (χ1n) is 5.70. The lowest BCUT2D eigenvalue weighted by molar-refractivity contribution is 0.0290. The molecule has 0 aromatic heterocycles. The summed E-state index contributed by atoms with van der Waals surface area (Å²) in [5, 5.41) is 0. The lowest BCUT2D eigenvalue weighted by Crippen LogP contribution is -2.47. The van der Waals surface area contributed by atoms with E-state index in [-0.39, 0.29) is 0 Å². The zero-order chi connectivity index (χ0) is 13.0. The summed E-state index contributed by atoms with van der Waals surface area (Å²) in [7, 11) is 0.589. The Morgan fingerprint density at radius 3 is 1.76 bits per heavy atom. The fourth-order valence-electron chi connectivity index (χ4n) is 1.24. The maximum atomic E-state index is 5.78. The molecule has 0 N–H and O–H groups in total. The van der Waals surface area contributed by atoms with Crippen molar-refractivity contribution in [3.63, 3.8) is 0 Å². The first-order valence-corrected chi connectivity index (χ1v) is 8.17. The fraction of sp³-hybridized carbons (Fsp3) is 1.00. The lowest BCUT2D eigenvalue weighted by Gasteiger charge is -2.28. The second-order valence-corrected chi connectivity index (χ2v) is 6.35. The highest BCUT2D eigenvalue weighted by molar-refractivity contribution is 6.61. The molecule has 104 valence electrons. The molecule has 5 nitrogen and oxygen atoms in total. The summed E-state index contributed by atoms with van der Waals surface area (Å²) < 4.78 is 27.0. The molecule has 17 heavy (non-hydrogen) atoms. The van der Waals surface area contributed by atoms with Crippen molar-refractivity contribution in [2.75, 3.05) is 53.1 Å². The number of hydrogen-bond donors (Lipinski definition) is 0. The van der Waals surface area contributed by atoms with Gasteiger partial charge in [0.15, 0.2) is 0 Å². The van der Waals surface area contributed by atoms with Gasteiger partial charge in [-0.25, -0.2) is 0 Å². The summed E-state index contributed by atoms with van der Waals surface area (Å²) in [4.78, 5) is 0. The summed E-state index contributed by atoms with van der Waals surface area (Å²) in [6.07, 6.45) is 0. The summed E-state index contributed by atoms with van der Waals surface area (Å²) in [6, 6.07) is 0.593. The second-order valence-electron chi connectivity index (χ2n) is 3.24. The van der Waals surface area contributed by atoms with Crippen LogP contribution >= 0.6 is 11.6 Å². The normalized spacial score (nSPS) is 12.0. The maximum Gasteiger partial charge on any atom is 0.502 e. The monoisotopic (exact) mass is 286 g/mol. The van der Waals surface area contributed by atoms with Crippen LogP contribution < -0.4 is 0 Å². The van der Waals surface area contributed by atoms with E-state index < -0.39 is 8.80 Å². The Morgan fingerprint density at radius 1 is 0.882 bits per heavy atom. The highest BCUT2D eigenvalue weighted by atomic mass is 35.5. The number of methoxy groups -OCH3 is 2. The van der Waals surface area contributed by atoms with E-state index in [1.807, 2.05) is 6.92 Å². The van der Waals surface area contributed by atoms with E-state index in [1.165, 1.54) is 0 Å². The van der Waals surface area contributed by atoms with E-state index in [9.17, 15) is 0 Å². The van der Waals surface area contributed by atoms with Crippen LogP contribution in [0.15, 0.2) is 0 Å². The molecule has 0 aliphatic rings. The number of halogens is 1. The Bertz CT molecular complexity index is 155. The molecule has 0 bridgehead atoms. The third kappa shape index (κ3) is 8.09. The molecule has 0 aliphatic heterocycles. The SMILES string of the molecule is CCO[Si](CCCl)(OCCOC)OCCOC. The van der Waals surface area contributed by atoms with Crippen LogP contribution in [0, 0.1) is 0 Å². The Hall–Kier alpha value is 0.307. The van der Waals surface area contributed by atoms with Crippen molar-refractivity contribution in [3.05, 3.63) is 0 Å². The molecule has 0 aromatic rings. The van der Waals surface area contributed by atoms with Gasteiger partial charge in [-0.15, -0.1) is 11.6 Å². The first-order chi connectivity index (χ1) is 8.24. The summed E-state index contributed by atoms with van der Waals surface area (Å²) in [5.74, 6) is 0.451. The van der Waals surface area contributed by atoms with Crippen molar-refractivity contribution in [2.45, 2.75) is 13.0 Å². The van der Waals surface area contributed by atoms with Crippen LogP contribution in [0.25, 0.3) is 0 Å². The van der Waals surface area contributed by atoms with E-state index in [1.54, 1.807) is 14.2 Å². The number of rotatable bonds is 12. The van der Waals surface area contributed by atoms with Gasteiger partial charge in [0, 0.05) is 32.8 Å². The van der Waals surface area contributed by atoms with Crippen molar-refractivity contribution in [3.8, 4) is 0 Å². The zero-order valence-corrected chi connectivity index (χ0v) is 12.6. The minimum Gasteiger partial charge on any atom is -0.382 e. The summed E-state index contributed by atoms with van der Waals surface area (Å²) in [6.45, 7) is 4.38. The Balaban J connectivity index is 4.25. The highest BCUT2D eigenvalue weighted by Crippen LogP contribution is 2.16. The summed E-state index contributed by atoms with van der Waals surface area (Å²) >= 11 is 5.78. The molecular formula is C10H23ClO5Si. The Kier molecular flexibility index (Phi) is 11.6. The van der Waals surface area contributed by atoms with Gasteiger partial charge in [-0.2, -0.15) is 0 Å². The largest absolute Gasteiger partial charge is 0.502 e. The lowest BCUT2D eigenvalue weighted by atomic mass is 10.8. The predicted molar refractivity (Wildman–Crippen MR) is 68.6 cm³/mol. The van der Waals surface area contributed by atoms with Gasteiger partial charge in [-0.05, 0) is 6.92 Å². The summed E-state index contributed by atoms with van der Waals surface area (Å²) in [5.41, 5.74) is 0. The molecule has 0 aromatic carbocycles. The molecule has 7 heteroatoms. The van der Waals surface area contributed by atoms with E-state index in [2.05, 4.69) is 0 Å². The minimum absolute atomic E-state index is 0.451. The molecule has 0 saturated carbocycles. The van der Waals surface area contributed by atoms with Crippen LogP contribution in [0.4, 0.5) is 0 Å². The molecule has 0 heterocycles. The first kappa shape index (κ1) is 17.3. The van der Waals surface area contributed by atoms with E-state index in [0.29, 0.717) is 45.0 Å². The Labute approximate surface area is 110 Å². The number of hydrogen-bond acceptors (Lipinski definition) is 5. The van der Waals surface area contributed by atoms with E-state index >= 15 is 0 Å². The van der Waals surface area contributed by atoms with Crippen molar-refractivity contribution < 1.29 is 22.8 Å². The van der Waals surface area contributed by atoms with Crippen LogP contribution in [0.1, 0.15) is 6.92 Å². The molecule has 0 atom stereocenters. The van der Waals surface area contributed by atoms with E-state index in [0.717, 1.165) is 0 Å². The third-order valence-corrected chi connectivity index (χ3v) is 5.37. The third-order valence-electron chi connectivity index (χ3n) is 1.98. The van der Waals surface area contributed by atoms with Crippen LogP contribution in [-0.2, 0) is 22.8 Å². The van der Waals surface area contributed by atoms with Crippen LogP contribution in [0.5, 0.6) is 0 Å². The van der Waals surface area contributed by atoms with Crippen molar-refractivity contribution >= 4 is 20.4 Å². The van der Waals surface area contributed by atoms with Gasteiger partial charge in [0.2, 0.25) is 0 Å². The van der Waals surface area contributed by atoms with Gasteiger partial charge in [-0.1, -0.05) is 0 Å². The van der Waals surface area contributed by atoms with Crippen molar-refractivity contribution in [1.82, 2.24) is 0 Å². The van der Waals surface area contributed by atoms with Gasteiger partial charge in [-0.3, -0.25) is 0 Å². The van der Waals surface area contributed by atoms with Gasteiger partial charge in [0.25, 0.3) is 0 Å². The number of alkyl halides is 1. The van der Waals surface area contributed by atoms with Crippen LogP contribution in [0.2, 0.25) is 6.04 Å². The molecule has 0 rings (SSSR count). The molecule has 0 aliphatic carbocycles. The van der Waals surface area contributed by atoms with E-state index in [4.69, 9.17) is 34.4 Å². The average molecular weight is 287 g/mol. The smallest absolute Gasteiger partial charge is 0.382 e. The van der Waals surface area contributed by atoms with Gasteiger partial charge >= 0.3 is 8.80 Å². The minimum atomic E-state index is -2.66.